The molecule has 27 heavy (non-hydrogen) atoms. The minimum Gasteiger partial charge on any atom is -0.489 e. The molecule has 0 saturated heterocycles. The number of nitrogens with two attached hydrogens (primary N) is 1. The van der Waals surface area contributed by atoms with Crippen molar-refractivity contribution in [2.75, 3.05) is 6.61 Å². The highest BCUT2D eigenvalue weighted by atomic mass is 35.5. The fourth-order valence-corrected chi connectivity index (χ4v) is 2.57. The maximum atomic E-state index is 11.1. The normalized spacial score (nSPS) is 12.0. The van der Waals surface area contributed by atoms with Crippen molar-refractivity contribution in [1.29, 1.82) is 0 Å². The van der Waals surface area contributed by atoms with Gasteiger partial charge in [-0.25, -0.2) is 0 Å². The van der Waals surface area contributed by atoms with E-state index < -0.39 is 12.0 Å². The summed E-state index contributed by atoms with van der Waals surface area (Å²) in [7, 11) is 0. The number of halogens is 2. The number of ether oxygens (including phenoxy) is 1. The van der Waals surface area contributed by atoms with E-state index in [0.29, 0.717) is 32.7 Å². The van der Waals surface area contributed by atoms with E-state index in [4.69, 9.17) is 33.7 Å². The lowest BCUT2D eigenvalue weighted by molar-refractivity contribution is 0.0850. The molecule has 0 aliphatic heterocycles. The number of nitrogens with zero attached hydrogens (tertiary/aromatic N) is 4. The van der Waals surface area contributed by atoms with Crippen LogP contribution < -0.4 is 10.5 Å². The lowest BCUT2D eigenvalue weighted by atomic mass is 10.1. The summed E-state index contributed by atoms with van der Waals surface area (Å²) in [5.41, 5.74) is 6.26. The number of carbonyl (C=O) groups excluding carboxylic acids is 1. The van der Waals surface area contributed by atoms with Gasteiger partial charge in [-0.2, -0.15) is 4.80 Å². The second-order valence-electron chi connectivity index (χ2n) is 5.65. The molecule has 3 aromatic rings. The van der Waals surface area contributed by atoms with Crippen LogP contribution in [0.3, 0.4) is 0 Å². The summed E-state index contributed by atoms with van der Waals surface area (Å²) in [6.07, 6.45) is -0.890. The monoisotopic (exact) mass is 407 g/mol. The molecule has 1 amide bonds. The second kappa shape index (κ2) is 8.34. The Morgan fingerprint density at radius 3 is 2.67 bits per heavy atom. The van der Waals surface area contributed by atoms with Crippen LogP contribution in [0.2, 0.25) is 10.0 Å². The topological polar surface area (TPSA) is 116 Å². The number of carbonyl (C=O) groups is 1. The third kappa shape index (κ3) is 4.94. The molecule has 3 N–H and O–H groups in total. The van der Waals surface area contributed by atoms with E-state index in [2.05, 4.69) is 15.4 Å². The smallest absolute Gasteiger partial charge is 0.248 e. The van der Waals surface area contributed by atoms with E-state index in [1.807, 2.05) is 0 Å². The molecule has 10 heteroatoms. The first-order valence-electron chi connectivity index (χ1n) is 7.86. The van der Waals surface area contributed by atoms with E-state index in [1.54, 1.807) is 42.5 Å². The maximum absolute atomic E-state index is 11.1. The summed E-state index contributed by atoms with van der Waals surface area (Å²) < 4.78 is 5.48. The first kappa shape index (κ1) is 19.1. The van der Waals surface area contributed by atoms with Crippen LogP contribution in [0.25, 0.3) is 11.4 Å². The van der Waals surface area contributed by atoms with Crippen LogP contribution in [-0.2, 0) is 6.54 Å². The zero-order valence-corrected chi connectivity index (χ0v) is 15.4. The van der Waals surface area contributed by atoms with Gasteiger partial charge in [0, 0.05) is 22.2 Å². The summed E-state index contributed by atoms with van der Waals surface area (Å²) in [4.78, 5) is 12.4. The van der Waals surface area contributed by atoms with Crippen LogP contribution in [0.4, 0.5) is 0 Å². The number of tetrazole rings is 1. The minimum atomic E-state index is -0.890. The van der Waals surface area contributed by atoms with Gasteiger partial charge in [0.15, 0.2) is 0 Å². The molecule has 0 unspecified atom stereocenters. The number of benzene rings is 2. The second-order valence-corrected chi connectivity index (χ2v) is 6.49. The molecule has 0 radical (unpaired) electrons. The zero-order chi connectivity index (χ0) is 19.4. The van der Waals surface area contributed by atoms with E-state index in [9.17, 15) is 9.90 Å². The summed E-state index contributed by atoms with van der Waals surface area (Å²) in [5.74, 6) is 0.225. The molecule has 0 spiro atoms. The molecular weight excluding hydrogens is 393 g/mol. The average Bonchev–Trinajstić information content (AvgIpc) is 3.11. The first-order valence-corrected chi connectivity index (χ1v) is 8.62. The molecule has 0 aliphatic carbocycles. The molecule has 2 aromatic carbocycles. The summed E-state index contributed by atoms with van der Waals surface area (Å²) in [6, 6.07) is 11.3. The third-order valence-electron chi connectivity index (χ3n) is 3.58. The average molecular weight is 408 g/mol. The number of primary amides is 1. The molecule has 0 fully saturated rings. The molecule has 0 aliphatic rings. The standard InChI is InChI=1S/C17H15Cl2N5O3/c18-12-5-6-14(19)15(7-12)27-9-13(25)8-24-22-17(21-23-24)11-3-1-10(2-4-11)16(20)26/h1-7,13,25H,8-9H2,(H2,20,26)/t13-/m0/s1. The van der Waals surface area contributed by atoms with Crippen molar-refractivity contribution < 1.29 is 14.6 Å². The Labute approximate surface area is 164 Å². The van der Waals surface area contributed by atoms with Crippen molar-refractivity contribution in [1.82, 2.24) is 20.2 Å². The van der Waals surface area contributed by atoms with E-state index >= 15 is 0 Å². The van der Waals surface area contributed by atoms with Crippen LogP contribution in [-0.4, -0.2) is 43.9 Å². The number of rotatable bonds is 7. The summed E-state index contributed by atoms with van der Waals surface area (Å²) in [5, 5.41) is 23.0. The van der Waals surface area contributed by atoms with Crippen molar-refractivity contribution in [2.45, 2.75) is 12.6 Å². The van der Waals surface area contributed by atoms with Gasteiger partial charge in [0.1, 0.15) is 18.5 Å². The quantitative estimate of drug-likeness (QED) is 0.619. The molecule has 3 rings (SSSR count). The van der Waals surface area contributed by atoms with Gasteiger partial charge in [-0.05, 0) is 29.5 Å². The molecule has 1 heterocycles. The van der Waals surface area contributed by atoms with Gasteiger partial charge in [0.25, 0.3) is 0 Å². The number of aliphatic hydroxyl groups is 1. The number of aliphatic hydroxyl groups excluding tert-OH is 1. The first-order chi connectivity index (χ1) is 12.9. The molecule has 140 valence electrons. The van der Waals surface area contributed by atoms with Crippen LogP contribution in [0, 0.1) is 0 Å². The van der Waals surface area contributed by atoms with E-state index in [1.165, 1.54) is 4.80 Å². The largest absolute Gasteiger partial charge is 0.489 e. The van der Waals surface area contributed by atoms with Crippen molar-refractivity contribution in [2.24, 2.45) is 5.73 Å². The highest BCUT2D eigenvalue weighted by Gasteiger charge is 2.13. The lowest BCUT2D eigenvalue weighted by Crippen LogP contribution is -2.25. The SMILES string of the molecule is NC(=O)c1ccc(-c2nnn(C[C@H](O)COc3cc(Cl)ccc3Cl)n2)cc1. The molecule has 0 saturated carbocycles. The third-order valence-corrected chi connectivity index (χ3v) is 4.13. The van der Waals surface area contributed by atoms with Crippen LogP contribution in [0.5, 0.6) is 5.75 Å². The van der Waals surface area contributed by atoms with E-state index in [0.717, 1.165) is 0 Å². The molecule has 8 nitrogen and oxygen atoms in total. The van der Waals surface area contributed by atoms with Gasteiger partial charge in [-0.3, -0.25) is 4.79 Å². The lowest BCUT2D eigenvalue weighted by Gasteiger charge is -2.12. The Kier molecular flexibility index (Phi) is 5.90. The fraction of sp³-hybridized carbons (Fsp3) is 0.176. The van der Waals surface area contributed by atoms with Gasteiger partial charge >= 0.3 is 0 Å². The highest BCUT2D eigenvalue weighted by Crippen LogP contribution is 2.27. The Morgan fingerprint density at radius 2 is 1.96 bits per heavy atom. The Balaban J connectivity index is 1.59. The van der Waals surface area contributed by atoms with Gasteiger partial charge in [0.05, 0.1) is 11.6 Å². The predicted octanol–water partition coefficient (Wildman–Crippen LogP) is 2.19. The summed E-state index contributed by atoms with van der Waals surface area (Å²) in [6.45, 7) is 0.0504. The zero-order valence-electron chi connectivity index (χ0n) is 13.9. The van der Waals surface area contributed by atoms with Crippen LogP contribution in [0.1, 0.15) is 10.4 Å². The Hall–Kier alpha value is -2.68. The maximum Gasteiger partial charge on any atom is 0.248 e. The molecule has 1 atom stereocenters. The molecular formula is C17H15Cl2N5O3. The Morgan fingerprint density at radius 1 is 1.22 bits per heavy atom. The number of hydrogen-bond acceptors (Lipinski definition) is 6. The molecule has 0 bridgehead atoms. The van der Waals surface area contributed by atoms with Crippen molar-refractivity contribution in [3.05, 3.63) is 58.1 Å². The van der Waals surface area contributed by atoms with Crippen LogP contribution >= 0.6 is 23.2 Å². The number of amides is 1. The number of aromatic nitrogens is 4. The van der Waals surface area contributed by atoms with Gasteiger partial charge in [-0.15, -0.1) is 10.2 Å². The van der Waals surface area contributed by atoms with Gasteiger partial charge in [-0.1, -0.05) is 35.3 Å². The van der Waals surface area contributed by atoms with Gasteiger partial charge in [0.2, 0.25) is 11.7 Å². The Bertz CT molecular complexity index is 946. The highest BCUT2D eigenvalue weighted by molar-refractivity contribution is 6.34. The van der Waals surface area contributed by atoms with Crippen LogP contribution in [0.15, 0.2) is 42.5 Å². The van der Waals surface area contributed by atoms with Crippen molar-refractivity contribution >= 4 is 29.1 Å². The van der Waals surface area contributed by atoms with Crippen molar-refractivity contribution in [3.8, 4) is 17.1 Å². The predicted molar refractivity (Wildman–Crippen MR) is 99.7 cm³/mol. The van der Waals surface area contributed by atoms with Gasteiger partial charge < -0.3 is 15.6 Å². The fourth-order valence-electron chi connectivity index (χ4n) is 2.23. The van der Waals surface area contributed by atoms with E-state index in [-0.39, 0.29) is 13.2 Å². The summed E-state index contributed by atoms with van der Waals surface area (Å²) >= 11 is 11.9. The van der Waals surface area contributed by atoms with Crippen molar-refractivity contribution in [3.63, 3.8) is 0 Å². The minimum absolute atomic E-state index is 0.0236. The number of hydrogen-bond donors (Lipinski definition) is 2. The molecule has 1 aromatic heterocycles.